The number of aromatic nitrogens is 5. The molecule has 3 aromatic rings. The van der Waals surface area contributed by atoms with Crippen LogP contribution in [0.4, 0.5) is 5.69 Å². The predicted molar refractivity (Wildman–Crippen MR) is 91.4 cm³/mol. The Labute approximate surface area is 146 Å². The van der Waals surface area contributed by atoms with E-state index in [9.17, 15) is 4.79 Å². The third-order valence-electron chi connectivity index (χ3n) is 3.75. The van der Waals surface area contributed by atoms with E-state index in [2.05, 4.69) is 41.8 Å². The average molecular weight is 385 g/mol. The standard InChI is InChI=1S/C16H13BrN6O/c17-12-7-11(8-18-9-12)16(24)19-13-3-1-10(2-4-13)15-20-21-22-23(15)14-5-6-14/h1-4,7-9,14H,5-6H2,(H,19,24). The Bertz CT molecular complexity index is 888. The first-order valence-corrected chi connectivity index (χ1v) is 8.30. The number of pyridine rings is 1. The second kappa shape index (κ2) is 6.12. The number of carbonyl (C=O) groups is 1. The van der Waals surface area contributed by atoms with E-state index >= 15 is 0 Å². The molecule has 8 heteroatoms. The highest BCUT2D eigenvalue weighted by atomic mass is 79.9. The van der Waals surface area contributed by atoms with Gasteiger partial charge in [-0.2, -0.15) is 0 Å². The number of hydrogen-bond donors (Lipinski definition) is 1. The van der Waals surface area contributed by atoms with Crippen LogP contribution in [0.2, 0.25) is 0 Å². The summed E-state index contributed by atoms with van der Waals surface area (Å²) in [5.74, 6) is 0.547. The summed E-state index contributed by atoms with van der Waals surface area (Å²) in [6.45, 7) is 0. The van der Waals surface area contributed by atoms with E-state index in [1.54, 1.807) is 12.3 Å². The van der Waals surface area contributed by atoms with E-state index in [4.69, 9.17) is 0 Å². The summed E-state index contributed by atoms with van der Waals surface area (Å²) < 4.78 is 2.62. The van der Waals surface area contributed by atoms with Crippen LogP contribution in [0, 0.1) is 0 Å². The highest BCUT2D eigenvalue weighted by molar-refractivity contribution is 9.10. The van der Waals surface area contributed by atoms with Crippen LogP contribution < -0.4 is 5.32 Å². The third-order valence-corrected chi connectivity index (χ3v) is 4.19. The van der Waals surface area contributed by atoms with Crippen molar-refractivity contribution in [3.8, 4) is 11.4 Å². The normalized spacial score (nSPS) is 13.7. The molecule has 0 unspecified atom stereocenters. The minimum Gasteiger partial charge on any atom is -0.322 e. The molecule has 1 aliphatic rings. The summed E-state index contributed by atoms with van der Waals surface area (Å²) in [5.41, 5.74) is 2.12. The Morgan fingerprint density at radius 3 is 2.71 bits per heavy atom. The molecule has 7 nitrogen and oxygen atoms in total. The van der Waals surface area contributed by atoms with Gasteiger partial charge >= 0.3 is 0 Å². The number of amides is 1. The maximum Gasteiger partial charge on any atom is 0.257 e. The Hall–Kier alpha value is -2.61. The summed E-state index contributed by atoms with van der Waals surface area (Å²) in [7, 11) is 0. The summed E-state index contributed by atoms with van der Waals surface area (Å²) in [6.07, 6.45) is 5.40. The zero-order valence-corrected chi connectivity index (χ0v) is 14.1. The number of rotatable bonds is 4. The van der Waals surface area contributed by atoms with Gasteiger partial charge in [0, 0.05) is 28.1 Å². The van der Waals surface area contributed by atoms with Gasteiger partial charge in [-0.05, 0) is 69.5 Å². The SMILES string of the molecule is O=C(Nc1ccc(-c2nnnn2C2CC2)cc1)c1cncc(Br)c1. The number of anilines is 1. The van der Waals surface area contributed by atoms with Crippen LogP contribution in [-0.2, 0) is 0 Å². The molecule has 2 heterocycles. The van der Waals surface area contributed by atoms with Crippen LogP contribution >= 0.6 is 15.9 Å². The number of tetrazole rings is 1. The van der Waals surface area contributed by atoms with Gasteiger partial charge in [0.05, 0.1) is 11.6 Å². The van der Waals surface area contributed by atoms with Crippen LogP contribution in [0.3, 0.4) is 0 Å². The molecular formula is C16H13BrN6O. The van der Waals surface area contributed by atoms with E-state index in [1.165, 1.54) is 6.20 Å². The van der Waals surface area contributed by atoms with Crippen molar-refractivity contribution in [1.29, 1.82) is 0 Å². The van der Waals surface area contributed by atoms with E-state index in [1.807, 2.05) is 28.9 Å². The zero-order chi connectivity index (χ0) is 16.5. The lowest BCUT2D eigenvalue weighted by Gasteiger charge is -2.07. The first-order chi connectivity index (χ1) is 11.7. The number of carbonyl (C=O) groups excluding carboxylic acids is 1. The quantitative estimate of drug-likeness (QED) is 0.746. The maximum atomic E-state index is 12.2. The fourth-order valence-corrected chi connectivity index (χ4v) is 2.76. The molecule has 1 saturated carbocycles. The van der Waals surface area contributed by atoms with Crippen LogP contribution in [0.5, 0.6) is 0 Å². The van der Waals surface area contributed by atoms with Gasteiger partial charge in [0.15, 0.2) is 5.82 Å². The van der Waals surface area contributed by atoms with Crippen molar-refractivity contribution in [3.63, 3.8) is 0 Å². The van der Waals surface area contributed by atoms with Gasteiger partial charge in [-0.15, -0.1) is 5.10 Å². The van der Waals surface area contributed by atoms with Gasteiger partial charge < -0.3 is 5.32 Å². The van der Waals surface area contributed by atoms with Gasteiger partial charge in [0.25, 0.3) is 5.91 Å². The number of nitrogens with one attached hydrogen (secondary N) is 1. The lowest BCUT2D eigenvalue weighted by Crippen LogP contribution is -2.12. The van der Waals surface area contributed by atoms with Crippen molar-refractivity contribution >= 4 is 27.5 Å². The number of halogens is 1. The highest BCUT2D eigenvalue weighted by Crippen LogP contribution is 2.36. The Morgan fingerprint density at radius 1 is 1.21 bits per heavy atom. The molecule has 1 aromatic carbocycles. The van der Waals surface area contributed by atoms with Gasteiger partial charge in [-0.3, -0.25) is 9.78 Å². The van der Waals surface area contributed by atoms with Crippen molar-refractivity contribution < 1.29 is 4.79 Å². The number of benzene rings is 1. The Balaban J connectivity index is 1.51. The molecule has 0 radical (unpaired) electrons. The smallest absolute Gasteiger partial charge is 0.257 e. The van der Waals surface area contributed by atoms with Crippen molar-refractivity contribution in [1.82, 2.24) is 25.2 Å². The molecule has 0 saturated heterocycles. The number of nitrogens with zero attached hydrogens (tertiary/aromatic N) is 5. The molecule has 1 amide bonds. The molecule has 1 aliphatic carbocycles. The van der Waals surface area contributed by atoms with E-state index < -0.39 is 0 Å². The molecule has 4 rings (SSSR count). The third kappa shape index (κ3) is 3.05. The highest BCUT2D eigenvalue weighted by Gasteiger charge is 2.28. The molecule has 24 heavy (non-hydrogen) atoms. The molecular weight excluding hydrogens is 372 g/mol. The number of hydrogen-bond acceptors (Lipinski definition) is 5. The molecule has 0 aliphatic heterocycles. The minimum absolute atomic E-state index is 0.209. The molecule has 0 bridgehead atoms. The Morgan fingerprint density at radius 2 is 2.00 bits per heavy atom. The maximum absolute atomic E-state index is 12.2. The molecule has 2 aromatic heterocycles. The van der Waals surface area contributed by atoms with Crippen molar-refractivity contribution in [2.24, 2.45) is 0 Å². The van der Waals surface area contributed by atoms with Crippen LogP contribution in [0.25, 0.3) is 11.4 Å². The summed E-state index contributed by atoms with van der Waals surface area (Å²) in [6, 6.07) is 9.62. The lowest BCUT2D eigenvalue weighted by molar-refractivity contribution is 0.102. The summed E-state index contributed by atoms with van der Waals surface area (Å²) in [5, 5.41) is 14.8. The lowest BCUT2D eigenvalue weighted by atomic mass is 10.2. The van der Waals surface area contributed by atoms with Crippen molar-refractivity contribution in [2.75, 3.05) is 5.32 Å². The van der Waals surface area contributed by atoms with Crippen molar-refractivity contribution in [2.45, 2.75) is 18.9 Å². The van der Waals surface area contributed by atoms with Gasteiger partial charge in [0.2, 0.25) is 0 Å². The summed E-state index contributed by atoms with van der Waals surface area (Å²) >= 11 is 3.31. The van der Waals surface area contributed by atoms with Gasteiger partial charge in [-0.1, -0.05) is 0 Å². The molecule has 1 fully saturated rings. The van der Waals surface area contributed by atoms with E-state index in [-0.39, 0.29) is 5.91 Å². The van der Waals surface area contributed by atoms with Gasteiger partial charge in [-0.25, -0.2) is 4.68 Å². The zero-order valence-electron chi connectivity index (χ0n) is 12.6. The molecule has 1 N–H and O–H groups in total. The minimum atomic E-state index is -0.209. The average Bonchev–Trinajstić information content (AvgIpc) is 3.32. The van der Waals surface area contributed by atoms with E-state index in [0.29, 0.717) is 17.3 Å². The summed E-state index contributed by atoms with van der Waals surface area (Å²) in [4.78, 5) is 16.2. The predicted octanol–water partition coefficient (Wildman–Crippen LogP) is 3.08. The fraction of sp³-hybridized carbons (Fsp3) is 0.188. The van der Waals surface area contributed by atoms with Crippen LogP contribution in [-0.4, -0.2) is 31.1 Å². The largest absolute Gasteiger partial charge is 0.322 e. The Kier molecular flexibility index (Phi) is 3.81. The second-order valence-electron chi connectivity index (χ2n) is 5.60. The van der Waals surface area contributed by atoms with Crippen molar-refractivity contribution in [3.05, 3.63) is 52.8 Å². The molecule has 0 spiro atoms. The van der Waals surface area contributed by atoms with Gasteiger partial charge in [0.1, 0.15) is 0 Å². The fourth-order valence-electron chi connectivity index (χ4n) is 2.39. The monoisotopic (exact) mass is 384 g/mol. The van der Waals surface area contributed by atoms with E-state index in [0.717, 1.165) is 28.7 Å². The first kappa shape index (κ1) is 14.9. The molecule has 120 valence electrons. The van der Waals surface area contributed by atoms with Crippen LogP contribution in [0.15, 0.2) is 47.2 Å². The molecule has 0 atom stereocenters. The topological polar surface area (TPSA) is 85.6 Å². The first-order valence-electron chi connectivity index (χ1n) is 7.51. The van der Waals surface area contributed by atoms with Crippen LogP contribution in [0.1, 0.15) is 29.2 Å². The second-order valence-corrected chi connectivity index (χ2v) is 6.52.